The van der Waals surface area contributed by atoms with Crippen LogP contribution < -0.4 is 5.32 Å². The number of rotatable bonds is 6. The Bertz CT molecular complexity index is 338. The van der Waals surface area contributed by atoms with Crippen LogP contribution in [0.25, 0.3) is 0 Å². The summed E-state index contributed by atoms with van der Waals surface area (Å²) in [5, 5.41) is 9.65. The van der Waals surface area contributed by atoms with E-state index in [1.165, 1.54) is 0 Å². The predicted molar refractivity (Wildman–Crippen MR) is 72.4 cm³/mol. The smallest absolute Gasteiger partial charge is 0.0860 e. The van der Waals surface area contributed by atoms with Crippen molar-refractivity contribution in [3.63, 3.8) is 0 Å². The lowest BCUT2D eigenvalue weighted by molar-refractivity contribution is 0.509. The number of alkyl halides is 1. The average molecular weight is 309 g/mol. The van der Waals surface area contributed by atoms with E-state index in [0.29, 0.717) is 6.04 Å². The van der Waals surface area contributed by atoms with Gasteiger partial charge in [-0.25, -0.2) is 0 Å². The van der Waals surface area contributed by atoms with Crippen molar-refractivity contribution in [3.8, 4) is 0 Å². The van der Waals surface area contributed by atoms with Gasteiger partial charge in [0.15, 0.2) is 0 Å². The Hall–Kier alpha value is -0.0600. The fraction of sp³-hybridized carbons (Fsp3) is 0.727. The number of halogens is 2. The van der Waals surface area contributed by atoms with E-state index in [2.05, 4.69) is 40.2 Å². The molecule has 0 amide bonds. The molecule has 0 fully saturated rings. The van der Waals surface area contributed by atoms with Crippen LogP contribution in [0.15, 0.2) is 0 Å². The lowest BCUT2D eigenvalue weighted by atomic mass is 10.2. The SMILES string of the molecule is CCn1nc(C)c(Cl)c1CNC(C)CCBr. The molecule has 0 aliphatic rings. The van der Waals surface area contributed by atoms with Crippen molar-refractivity contribution in [3.05, 3.63) is 16.4 Å². The van der Waals surface area contributed by atoms with E-state index in [0.717, 1.165) is 41.3 Å². The van der Waals surface area contributed by atoms with Gasteiger partial charge in [0.25, 0.3) is 0 Å². The van der Waals surface area contributed by atoms with E-state index in [1.54, 1.807) is 0 Å². The normalized spacial score (nSPS) is 13.1. The fourth-order valence-electron chi connectivity index (χ4n) is 1.57. The molecule has 0 spiro atoms. The highest BCUT2D eigenvalue weighted by Crippen LogP contribution is 2.20. The minimum absolute atomic E-state index is 0.482. The molecule has 0 saturated carbocycles. The maximum Gasteiger partial charge on any atom is 0.0860 e. The summed E-state index contributed by atoms with van der Waals surface area (Å²) in [7, 11) is 0. The fourth-order valence-corrected chi connectivity index (χ4v) is 2.46. The molecule has 1 N–H and O–H groups in total. The zero-order valence-electron chi connectivity index (χ0n) is 10.1. The first-order valence-corrected chi connectivity index (χ1v) is 7.11. The van der Waals surface area contributed by atoms with Gasteiger partial charge in [-0.1, -0.05) is 27.5 Å². The second-order valence-electron chi connectivity index (χ2n) is 3.92. The van der Waals surface area contributed by atoms with Crippen LogP contribution in [0.5, 0.6) is 0 Å². The lowest BCUT2D eigenvalue weighted by Gasteiger charge is -2.13. The molecule has 1 rings (SSSR count). The van der Waals surface area contributed by atoms with Crippen LogP contribution in [-0.2, 0) is 13.1 Å². The third-order valence-electron chi connectivity index (χ3n) is 2.61. The lowest BCUT2D eigenvalue weighted by Crippen LogP contribution is -2.27. The van der Waals surface area contributed by atoms with Gasteiger partial charge in [-0.2, -0.15) is 5.10 Å². The topological polar surface area (TPSA) is 29.9 Å². The van der Waals surface area contributed by atoms with Crippen molar-refractivity contribution in [1.82, 2.24) is 15.1 Å². The number of aromatic nitrogens is 2. The number of hydrogen-bond acceptors (Lipinski definition) is 2. The number of hydrogen-bond donors (Lipinski definition) is 1. The Morgan fingerprint density at radius 3 is 2.81 bits per heavy atom. The largest absolute Gasteiger partial charge is 0.309 e. The van der Waals surface area contributed by atoms with E-state index in [-0.39, 0.29) is 0 Å². The van der Waals surface area contributed by atoms with Crippen LogP contribution in [0.3, 0.4) is 0 Å². The van der Waals surface area contributed by atoms with Gasteiger partial charge in [-0.3, -0.25) is 4.68 Å². The molecule has 0 aliphatic carbocycles. The molecule has 16 heavy (non-hydrogen) atoms. The summed E-state index contributed by atoms with van der Waals surface area (Å²) in [5.74, 6) is 0. The van der Waals surface area contributed by atoms with Crippen LogP contribution in [0, 0.1) is 6.92 Å². The van der Waals surface area contributed by atoms with Crippen LogP contribution in [0.2, 0.25) is 5.02 Å². The highest BCUT2D eigenvalue weighted by atomic mass is 79.9. The van der Waals surface area contributed by atoms with Gasteiger partial charge in [0.1, 0.15) is 0 Å². The van der Waals surface area contributed by atoms with Gasteiger partial charge in [-0.15, -0.1) is 0 Å². The molecule has 1 atom stereocenters. The Labute approximate surface area is 111 Å². The van der Waals surface area contributed by atoms with Gasteiger partial charge >= 0.3 is 0 Å². The second kappa shape index (κ2) is 6.62. The molecule has 1 aromatic rings. The zero-order chi connectivity index (χ0) is 12.1. The van der Waals surface area contributed by atoms with Crippen LogP contribution in [-0.4, -0.2) is 21.2 Å². The average Bonchev–Trinajstić information content (AvgIpc) is 2.53. The number of aryl methyl sites for hydroxylation is 2. The molecular formula is C11H19BrClN3. The Balaban J connectivity index is 2.65. The summed E-state index contributed by atoms with van der Waals surface area (Å²) in [4.78, 5) is 0. The molecule has 0 aliphatic heterocycles. The van der Waals surface area contributed by atoms with Gasteiger partial charge in [0, 0.05) is 24.5 Å². The zero-order valence-corrected chi connectivity index (χ0v) is 12.4. The first-order chi connectivity index (χ1) is 7.60. The molecule has 0 bridgehead atoms. The summed E-state index contributed by atoms with van der Waals surface area (Å²) < 4.78 is 1.96. The molecule has 1 aromatic heterocycles. The first-order valence-electron chi connectivity index (χ1n) is 5.61. The van der Waals surface area contributed by atoms with Gasteiger partial charge < -0.3 is 5.32 Å². The maximum absolute atomic E-state index is 6.22. The summed E-state index contributed by atoms with van der Waals surface area (Å²) in [5.41, 5.74) is 2.00. The molecule has 5 heteroatoms. The van der Waals surface area contributed by atoms with Gasteiger partial charge in [0.05, 0.1) is 16.4 Å². The third-order valence-corrected chi connectivity index (χ3v) is 3.56. The molecule has 3 nitrogen and oxygen atoms in total. The van der Waals surface area contributed by atoms with E-state index in [9.17, 15) is 0 Å². The summed E-state index contributed by atoms with van der Waals surface area (Å²) in [6.07, 6.45) is 1.11. The quantitative estimate of drug-likeness (QED) is 0.818. The minimum Gasteiger partial charge on any atom is -0.309 e. The summed E-state index contributed by atoms with van der Waals surface area (Å²) >= 11 is 9.66. The van der Waals surface area contributed by atoms with Crippen LogP contribution >= 0.6 is 27.5 Å². The van der Waals surface area contributed by atoms with Crippen molar-refractivity contribution in [2.24, 2.45) is 0 Å². The van der Waals surface area contributed by atoms with Crippen molar-refractivity contribution >= 4 is 27.5 Å². The Morgan fingerprint density at radius 2 is 2.25 bits per heavy atom. The van der Waals surface area contributed by atoms with Crippen molar-refractivity contribution in [1.29, 1.82) is 0 Å². The second-order valence-corrected chi connectivity index (χ2v) is 5.09. The Kier molecular flexibility index (Phi) is 5.79. The highest BCUT2D eigenvalue weighted by molar-refractivity contribution is 9.09. The van der Waals surface area contributed by atoms with Crippen LogP contribution in [0.1, 0.15) is 31.7 Å². The van der Waals surface area contributed by atoms with Crippen molar-refractivity contribution in [2.75, 3.05) is 5.33 Å². The monoisotopic (exact) mass is 307 g/mol. The molecule has 92 valence electrons. The molecular weight excluding hydrogens is 289 g/mol. The van der Waals surface area contributed by atoms with Crippen LogP contribution in [0.4, 0.5) is 0 Å². The van der Waals surface area contributed by atoms with E-state index in [1.807, 2.05) is 11.6 Å². The van der Waals surface area contributed by atoms with Gasteiger partial charge in [0.2, 0.25) is 0 Å². The summed E-state index contributed by atoms with van der Waals surface area (Å²) in [6.45, 7) is 7.84. The minimum atomic E-state index is 0.482. The molecule has 0 saturated heterocycles. The molecule has 1 heterocycles. The van der Waals surface area contributed by atoms with E-state index in [4.69, 9.17) is 11.6 Å². The standard InChI is InChI=1S/C11H19BrClN3/c1-4-16-10(11(13)9(3)15-16)7-14-8(2)5-6-12/h8,14H,4-7H2,1-3H3. The van der Waals surface area contributed by atoms with Crippen molar-refractivity contribution < 1.29 is 0 Å². The highest BCUT2D eigenvalue weighted by Gasteiger charge is 2.12. The number of nitrogens with one attached hydrogen (secondary N) is 1. The maximum atomic E-state index is 6.22. The third kappa shape index (κ3) is 3.47. The van der Waals surface area contributed by atoms with E-state index >= 15 is 0 Å². The molecule has 1 unspecified atom stereocenters. The predicted octanol–water partition coefficient (Wildman–Crippen LogP) is 3.13. The van der Waals surface area contributed by atoms with Crippen molar-refractivity contribution in [2.45, 2.75) is 46.3 Å². The molecule has 0 aromatic carbocycles. The van der Waals surface area contributed by atoms with E-state index < -0.39 is 0 Å². The summed E-state index contributed by atoms with van der Waals surface area (Å²) in [6, 6.07) is 0.482. The molecule has 0 radical (unpaired) electrons. The first kappa shape index (κ1) is 14.0. The number of nitrogens with zero attached hydrogens (tertiary/aromatic N) is 2. The Morgan fingerprint density at radius 1 is 1.56 bits per heavy atom. The van der Waals surface area contributed by atoms with Gasteiger partial charge in [-0.05, 0) is 27.2 Å².